The highest BCUT2D eigenvalue weighted by molar-refractivity contribution is 7.89. The summed E-state index contributed by atoms with van der Waals surface area (Å²) in [7, 11) is -3.59. The summed E-state index contributed by atoms with van der Waals surface area (Å²) in [4.78, 5) is 0.417. The quantitative estimate of drug-likeness (QED) is 0.463. The monoisotopic (exact) mass is 474 g/mol. The highest BCUT2D eigenvalue weighted by Gasteiger charge is 2.56. The molecule has 0 spiro atoms. The van der Waals surface area contributed by atoms with Crippen LogP contribution in [0.15, 0.2) is 78.0 Å². The Morgan fingerprint density at radius 2 is 1.68 bits per heavy atom. The van der Waals surface area contributed by atoms with Crippen LogP contribution in [0.5, 0.6) is 0 Å². The van der Waals surface area contributed by atoms with Gasteiger partial charge in [-0.15, -0.1) is 0 Å². The lowest BCUT2D eigenvalue weighted by Gasteiger charge is -2.49. The Balaban J connectivity index is 1.38. The van der Waals surface area contributed by atoms with Gasteiger partial charge in [-0.2, -0.15) is 4.31 Å². The van der Waals surface area contributed by atoms with Crippen molar-refractivity contribution in [3.05, 3.63) is 89.7 Å². The molecule has 6 atom stereocenters. The number of benzene rings is 2. The maximum Gasteiger partial charge on any atom is 0.243 e. The summed E-state index contributed by atoms with van der Waals surface area (Å²) in [6.07, 6.45) is 8.18. The first-order chi connectivity index (χ1) is 16.4. The van der Waals surface area contributed by atoms with Gasteiger partial charge in [0, 0.05) is 25.5 Å². The molecule has 6 rings (SSSR count). The Morgan fingerprint density at radius 3 is 2.44 bits per heavy atom. The van der Waals surface area contributed by atoms with Crippen molar-refractivity contribution in [2.75, 3.05) is 6.54 Å². The fourth-order valence-electron chi connectivity index (χ4n) is 7.43. The lowest BCUT2D eigenvalue weighted by Crippen LogP contribution is -2.51. The van der Waals surface area contributed by atoms with Crippen LogP contribution in [0.4, 0.5) is 0 Å². The number of rotatable bonds is 5. The second-order valence-electron chi connectivity index (χ2n) is 10.9. The molecule has 2 aromatic carbocycles. The third-order valence-corrected chi connectivity index (χ3v) is 10.8. The van der Waals surface area contributed by atoms with Gasteiger partial charge in [0.05, 0.1) is 10.9 Å². The van der Waals surface area contributed by atoms with Crippen LogP contribution in [0.2, 0.25) is 0 Å². The molecule has 3 aromatic rings. The molecule has 0 unspecified atom stereocenters. The lowest BCUT2D eigenvalue weighted by molar-refractivity contribution is 0.0296. The average molecular weight is 475 g/mol. The molecule has 5 heteroatoms. The van der Waals surface area contributed by atoms with Crippen molar-refractivity contribution in [2.24, 2.45) is 29.6 Å². The van der Waals surface area contributed by atoms with Gasteiger partial charge in [-0.05, 0) is 85.1 Å². The predicted molar refractivity (Wildman–Crippen MR) is 135 cm³/mol. The smallest absolute Gasteiger partial charge is 0.243 e. The Labute approximate surface area is 203 Å². The fourth-order valence-corrected chi connectivity index (χ4v) is 9.16. The van der Waals surface area contributed by atoms with E-state index in [-0.39, 0.29) is 6.04 Å². The van der Waals surface area contributed by atoms with E-state index in [1.807, 2.05) is 29.4 Å². The van der Waals surface area contributed by atoms with E-state index >= 15 is 0 Å². The van der Waals surface area contributed by atoms with E-state index in [1.54, 1.807) is 12.1 Å². The molecule has 3 aliphatic rings. The molecule has 2 aliphatic carbocycles. The Hall–Kier alpha value is -2.37. The molecule has 1 aliphatic heterocycles. The molecule has 1 aromatic heterocycles. The third kappa shape index (κ3) is 3.64. The standard InChI is InChI=1S/C29H34N2O2S/c1-20-8-12-26(13-9-20)34(32,33)31-19-27-23-10-11-24(16-23)28(27)21(2)29(31)25-14-15-30(18-25)17-22-6-4-3-5-7-22/h3-9,12-15,18,21,23-24,27-29H,10-11,16-17,19H2,1-2H3/t21-,23+,24-,27-,28+,29-/m1/s1. The number of hydrogen-bond donors (Lipinski definition) is 0. The Morgan fingerprint density at radius 1 is 0.941 bits per heavy atom. The van der Waals surface area contributed by atoms with Crippen LogP contribution >= 0.6 is 0 Å². The summed E-state index contributed by atoms with van der Waals surface area (Å²) >= 11 is 0. The number of aromatic nitrogens is 1. The summed E-state index contributed by atoms with van der Waals surface area (Å²) in [5, 5.41) is 0. The molecule has 3 fully saturated rings. The maximum atomic E-state index is 14.0. The number of sulfonamides is 1. The average Bonchev–Trinajstić information content (AvgIpc) is 3.57. The Kier molecular flexibility index (Phi) is 5.45. The molecule has 34 heavy (non-hydrogen) atoms. The van der Waals surface area contributed by atoms with E-state index in [0.29, 0.717) is 35.1 Å². The summed E-state index contributed by atoms with van der Waals surface area (Å²) < 4.78 is 32.1. The molecular formula is C29H34N2O2S. The zero-order valence-corrected chi connectivity index (χ0v) is 20.9. The molecule has 2 saturated carbocycles. The van der Waals surface area contributed by atoms with Crippen molar-refractivity contribution in [2.45, 2.75) is 50.6 Å². The Bertz CT molecular complexity index is 1260. The molecule has 4 nitrogen and oxygen atoms in total. The van der Waals surface area contributed by atoms with Gasteiger partial charge in [-0.25, -0.2) is 8.42 Å². The van der Waals surface area contributed by atoms with Gasteiger partial charge in [0.1, 0.15) is 0 Å². The first-order valence-corrected chi connectivity index (χ1v) is 14.1. The predicted octanol–water partition coefficient (Wildman–Crippen LogP) is 5.89. The van der Waals surface area contributed by atoms with Crippen LogP contribution in [0.1, 0.15) is 48.9 Å². The van der Waals surface area contributed by atoms with Gasteiger partial charge in [0.15, 0.2) is 0 Å². The minimum absolute atomic E-state index is 0.121. The van der Waals surface area contributed by atoms with E-state index in [0.717, 1.165) is 23.6 Å². The molecule has 1 saturated heterocycles. The van der Waals surface area contributed by atoms with Gasteiger partial charge in [0.2, 0.25) is 10.0 Å². The van der Waals surface area contributed by atoms with E-state index in [4.69, 9.17) is 0 Å². The van der Waals surface area contributed by atoms with Crippen molar-refractivity contribution in [3.63, 3.8) is 0 Å². The third-order valence-electron chi connectivity index (χ3n) is 8.91. The van der Waals surface area contributed by atoms with E-state index in [9.17, 15) is 8.42 Å². The van der Waals surface area contributed by atoms with Gasteiger partial charge in [-0.1, -0.05) is 55.0 Å². The van der Waals surface area contributed by atoms with Crippen LogP contribution in [-0.4, -0.2) is 23.8 Å². The van der Waals surface area contributed by atoms with Crippen LogP contribution in [-0.2, 0) is 16.6 Å². The maximum absolute atomic E-state index is 14.0. The van der Waals surface area contributed by atoms with Crippen molar-refractivity contribution in [1.29, 1.82) is 0 Å². The topological polar surface area (TPSA) is 42.3 Å². The second-order valence-corrected chi connectivity index (χ2v) is 12.8. The molecular weight excluding hydrogens is 440 g/mol. The van der Waals surface area contributed by atoms with Crippen molar-refractivity contribution < 1.29 is 8.42 Å². The van der Waals surface area contributed by atoms with E-state index in [1.165, 1.54) is 24.8 Å². The van der Waals surface area contributed by atoms with Crippen LogP contribution in [0.25, 0.3) is 0 Å². The minimum atomic E-state index is -3.59. The summed E-state index contributed by atoms with van der Waals surface area (Å²) in [5.41, 5.74) is 3.45. The van der Waals surface area contributed by atoms with Crippen molar-refractivity contribution in [1.82, 2.24) is 8.87 Å². The highest BCUT2D eigenvalue weighted by Crippen LogP contribution is 2.60. The van der Waals surface area contributed by atoms with Crippen LogP contribution in [0.3, 0.4) is 0 Å². The SMILES string of the molecule is Cc1ccc(S(=O)(=O)N2C[C@@H]3[C@H]4CC[C@H](C4)[C@@H]3[C@@H](C)[C@@H]2c2ccn(Cc3ccccc3)c2)cc1. The molecule has 2 heterocycles. The highest BCUT2D eigenvalue weighted by atomic mass is 32.2. The van der Waals surface area contributed by atoms with Crippen molar-refractivity contribution >= 4 is 10.0 Å². The van der Waals surface area contributed by atoms with Gasteiger partial charge in [0.25, 0.3) is 0 Å². The first kappa shape index (κ1) is 22.1. The van der Waals surface area contributed by atoms with E-state index < -0.39 is 10.0 Å². The molecule has 0 amide bonds. The second kappa shape index (κ2) is 8.39. The van der Waals surface area contributed by atoms with E-state index in [2.05, 4.69) is 54.2 Å². The van der Waals surface area contributed by atoms with Crippen molar-refractivity contribution in [3.8, 4) is 0 Å². The lowest BCUT2D eigenvalue weighted by atomic mass is 9.67. The minimum Gasteiger partial charge on any atom is -0.350 e. The number of fused-ring (bicyclic) bond motifs is 5. The normalized spacial score (nSPS) is 31.0. The number of hydrogen-bond acceptors (Lipinski definition) is 2. The zero-order chi connectivity index (χ0) is 23.4. The van der Waals surface area contributed by atoms with Crippen LogP contribution < -0.4 is 0 Å². The molecule has 178 valence electrons. The number of piperidine rings is 1. The number of nitrogens with zero attached hydrogens (tertiary/aromatic N) is 2. The van der Waals surface area contributed by atoms with Crippen LogP contribution in [0, 0.1) is 36.5 Å². The number of aryl methyl sites for hydroxylation is 1. The summed E-state index contributed by atoms with van der Waals surface area (Å²) in [6.45, 7) is 5.76. The van der Waals surface area contributed by atoms with Gasteiger partial charge >= 0.3 is 0 Å². The fraction of sp³-hybridized carbons (Fsp3) is 0.448. The molecule has 0 N–H and O–H groups in total. The van der Waals surface area contributed by atoms with Gasteiger partial charge < -0.3 is 4.57 Å². The first-order valence-electron chi connectivity index (χ1n) is 12.7. The largest absolute Gasteiger partial charge is 0.350 e. The summed E-state index contributed by atoms with van der Waals surface area (Å²) in [5.74, 6) is 2.89. The molecule has 0 radical (unpaired) electrons. The molecule has 2 bridgehead atoms. The summed E-state index contributed by atoms with van der Waals surface area (Å²) in [6, 6.07) is 19.8. The van der Waals surface area contributed by atoms with Gasteiger partial charge in [-0.3, -0.25) is 0 Å². The zero-order valence-electron chi connectivity index (χ0n) is 20.0.